The number of carbonyl (C=O) groups excluding carboxylic acids is 1. The minimum absolute atomic E-state index is 0. The summed E-state index contributed by atoms with van der Waals surface area (Å²) in [7, 11) is 0. The zero-order valence-corrected chi connectivity index (χ0v) is 3.97. The number of aliphatic carboxylic acids is 1. The topological polar surface area (TPSA) is 54.4 Å². The van der Waals surface area contributed by atoms with Crippen LogP contribution in [0.1, 0.15) is 13.3 Å². The van der Waals surface area contributed by atoms with E-state index >= 15 is 0 Å². The number of carbonyl (C=O) groups is 2. The van der Waals surface area contributed by atoms with Crippen molar-refractivity contribution in [1.29, 1.82) is 0 Å². The van der Waals surface area contributed by atoms with Crippen molar-refractivity contribution >= 4 is 21.9 Å². The van der Waals surface area contributed by atoms with Crippen LogP contribution in [-0.4, -0.2) is 27.0 Å². The predicted molar refractivity (Wildman–Crippen MR) is 31.5 cm³/mol. The van der Waals surface area contributed by atoms with Gasteiger partial charge in [0.1, 0.15) is 12.2 Å². The van der Waals surface area contributed by atoms with Crippen molar-refractivity contribution in [2.24, 2.45) is 0 Å². The summed E-state index contributed by atoms with van der Waals surface area (Å²) in [6.07, 6.45) is -0.361. The second kappa shape index (κ2) is 4.47. The van der Waals surface area contributed by atoms with Gasteiger partial charge in [-0.1, -0.05) is 0 Å². The average molecular weight is 113 g/mol. The van der Waals surface area contributed by atoms with E-state index < -0.39 is 5.97 Å². The van der Waals surface area contributed by atoms with Crippen LogP contribution < -0.4 is 0 Å². The zero-order chi connectivity index (χ0) is 5.86. The van der Waals surface area contributed by atoms with Crippen molar-refractivity contribution < 1.29 is 14.7 Å². The molecule has 0 aliphatic carbocycles. The molecule has 0 radical (unpaired) electrons. The van der Waals surface area contributed by atoms with E-state index in [1.54, 1.807) is 0 Å². The number of rotatable bonds is 2. The maximum absolute atomic E-state index is 9.87. The molecule has 0 bridgehead atoms. The van der Waals surface area contributed by atoms with E-state index in [0.717, 1.165) is 0 Å². The molecule has 0 amide bonds. The molecule has 0 heterocycles. The molecule has 0 aliphatic heterocycles. The third-order valence-electron chi connectivity index (χ3n) is 0.400. The van der Waals surface area contributed by atoms with Crippen LogP contribution >= 0.6 is 0 Å². The van der Waals surface area contributed by atoms with Gasteiger partial charge in [-0.3, -0.25) is 9.59 Å². The van der Waals surface area contributed by atoms with Gasteiger partial charge in [-0.2, -0.15) is 0 Å². The van der Waals surface area contributed by atoms with Gasteiger partial charge >= 0.3 is 16.1 Å². The van der Waals surface area contributed by atoms with Gasteiger partial charge in [0.05, 0.1) is 0 Å². The van der Waals surface area contributed by atoms with E-state index in [4.69, 9.17) is 5.11 Å². The van der Waals surface area contributed by atoms with E-state index in [2.05, 4.69) is 0 Å². The van der Waals surface area contributed by atoms with Gasteiger partial charge in [-0.15, -0.1) is 0 Å². The second-order valence-electron chi connectivity index (χ2n) is 1.27. The molecule has 3 nitrogen and oxygen atoms in total. The standard InChI is InChI=1S/C4H6O3.Be.2H/c1-3(5)2-4(6)7;;;/h2H2,1H3,(H,6,7);;;. The Bertz CT molecular complexity index is 87.5. The first kappa shape index (κ1) is 10.3. The fourth-order valence-corrected chi connectivity index (χ4v) is 0.213. The van der Waals surface area contributed by atoms with Crippen molar-refractivity contribution in [2.45, 2.75) is 13.3 Å². The molecular weight excluding hydrogens is 105 g/mol. The molecule has 0 atom stereocenters. The Labute approximate surface area is 50.9 Å². The van der Waals surface area contributed by atoms with Crippen molar-refractivity contribution in [2.75, 3.05) is 0 Å². The summed E-state index contributed by atoms with van der Waals surface area (Å²) in [5, 5.41) is 7.86. The number of Topliss-reactive ketones (excluding diaryl/α,β-unsaturated/α-hetero) is 1. The summed E-state index contributed by atoms with van der Waals surface area (Å²) in [5.74, 6) is -1.37. The van der Waals surface area contributed by atoms with Gasteiger partial charge in [0.25, 0.3) is 0 Å². The van der Waals surface area contributed by atoms with Crippen LogP contribution in [0.25, 0.3) is 0 Å². The van der Waals surface area contributed by atoms with E-state index in [0.29, 0.717) is 0 Å². The molecule has 0 spiro atoms. The molecule has 8 heavy (non-hydrogen) atoms. The SMILES string of the molecule is CC(=O)CC(=O)O.[BeH2]. The average Bonchev–Trinajstić information content (AvgIpc) is 1.27. The first-order chi connectivity index (χ1) is 3.13. The first-order valence-electron chi connectivity index (χ1n) is 1.84. The Balaban J connectivity index is 0. The van der Waals surface area contributed by atoms with Gasteiger partial charge in [-0.25, -0.2) is 0 Å². The van der Waals surface area contributed by atoms with Gasteiger partial charge in [0.2, 0.25) is 0 Å². The van der Waals surface area contributed by atoms with E-state index in [9.17, 15) is 9.59 Å². The predicted octanol–water partition coefficient (Wildman–Crippen LogP) is -0.866. The quantitative estimate of drug-likeness (QED) is 0.374. The summed E-state index contributed by atoms with van der Waals surface area (Å²) in [6.45, 7) is 1.24. The van der Waals surface area contributed by atoms with Crippen LogP contribution in [0, 0.1) is 0 Å². The van der Waals surface area contributed by atoms with Crippen molar-refractivity contribution in [3.63, 3.8) is 0 Å². The molecule has 0 aromatic rings. The number of carboxylic acids is 1. The van der Waals surface area contributed by atoms with Crippen molar-refractivity contribution in [3.05, 3.63) is 0 Å². The maximum atomic E-state index is 9.87. The summed E-state index contributed by atoms with van der Waals surface area (Å²) in [4.78, 5) is 19.5. The molecule has 0 aromatic heterocycles. The molecule has 0 aliphatic rings. The Morgan fingerprint density at radius 2 is 1.88 bits per heavy atom. The van der Waals surface area contributed by atoms with Crippen molar-refractivity contribution in [1.82, 2.24) is 0 Å². The Kier molecular flexibility index (Phi) is 5.76. The monoisotopic (exact) mass is 113 g/mol. The van der Waals surface area contributed by atoms with Gasteiger partial charge in [0.15, 0.2) is 0 Å². The molecular formula is C4H8BeO3. The Morgan fingerprint density at radius 1 is 1.50 bits per heavy atom. The van der Waals surface area contributed by atoms with Gasteiger partial charge in [0, 0.05) is 0 Å². The molecule has 0 saturated heterocycles. The summed E-state index contributed by atoms with van der Waals surface area (Å²) >= 11 is 0. The van der Waals surface area contributed by atoms with Crippen LogP contribution in [0.2, 0.25) is 0 Å². The number of hydrogen-bond donors (Lipinski definition) is 1. The molecule has 44 valence electrons. The van der Waals surface area contributed by atoms with E-state index in [1.807, 2.05) is 0 Å². The van der Waals surface area contributed by atoms with Crippen LogP contribution in [0.15, 0.2) is 0 Å². The van der Waals surface area contributed by atoms with E-state index in [-0.39, 0.29) is 22.3 Å². The number of ketones is 1. The van der Waals surface area contributed by atoms with Crippen LogP contribution in [-0.2, 0) is 9.59 Å². The van der Waals surface area contributed by atoms with Crippen molar-refractivity contribution in [3.8, 4) is 0 Å². The molecule has 0 unspecified atom stereocenters. The fraction of sp³-hybridized carbons (Fsp3) is 0.500. The molecule has 0 aromatic carbocycles. The molecule has 1 N–H and O–H groups in total. The third kappa shape index (κ3) is 9.00. The molecule has 4 heteroatoms. The van der Waals surface area contributed by atoms with Gasteiger partial charge < -0.3 is 5.11 Å². The fourth-order valence-electron chi connectivity index (χ4n) is 0.213. The summed E-state index contributed by atoms with van der Waals surface area (Å²) in [6, 6.07) is 0. The Morgan fingerprint density at radius 3 is 1.88 bits per heavy atom. The normalized spacial score (nSPS) is 7.12. The van der Waals surface area contributed by atoms with Gasteiger partial charge in [-0.05, 0) is 6.92 Å². The summed E-state index contributed by atoms with van der Waals surface area (Å²) < 4.78 is 0. The zero-order valence-electron chi connectivity index (χ0n) is 3.97. The molecule has 0 fully saturated rings. The minimum atomic E-state index is -1.06. The number of carboxylic acid groups (broad SMARTS) is 1. The van der Waals surface area contributed by atoms with Crippen LogP contribution in [0.3, 0.4) is 0 Å². The van der Waals surface area contributed by atoms with E-state index in [1.165, 1.54) is 6.92 Å². The second-order valence-corrected chi connectivity index (χ2v) is 1.27. The molecule has 0 saturated carbocycles. The Hall–Kier alpha value is -0.691. The third-order valence-corrected chi connectivity index (χ3v) is 0.400. The summed E-state index contributed by atoms with van der Waals surface area (Å²) in [5.41, 5.74) is 0. The number of hydrogen-bond acceptors (Lipinski definition) is 2. The molecule has 0 rings (SSSR count). The first-order valence-corrected chi connectivity index (χ1v) is 1.84. The van der Waals surface area contributed by atoms with Crippen LogP contribution in [0.5, 0.6) is 0 Å². The van der Waals surface area contributed by atoms with Crippen LogP contribution in [0.4, 0.5) is 0 Å².